The number of rotatable bonds is 2. The van der Waals surface area contributed by atoms with E-state index in [-0.39, 0.29) is 17.8 Å². The zero-order valence-corrected chi connectivity index (χ0v) is 11.3. The molecule has 0 bridgehead atoms. The molecule has 0 spiro atoms. The molecule has 0 aliphatic carbocycles. The van der Waals surface area contributed by atoms with Gasteiger partial charge < -0.3 is 9.64 Å². The standard InChI is InChI=1S/C13H19N3O2/c1-8-6-16(7-11(8)13(17)18-4)12-10(3)14-5-9(2)15-12/h5,8,11H,6-7H2,1-4H3. The first-order valence-electron chi connectivity index (χ1n) is 6.16. The van der Waals surface area contributed by atoms with Gasteiger partial charge in [-0.25, -0.2) is 4.98 Å². The maximum atomic E-state index is 11.7. The van der Waals surface area contributed by atoms with E-state index < -0.39 is 0 Å². The molecule has 1 saturated heterocycles. The summed E-state index contributed by atoms with van der Waals surface area (Å²) in [6.45, 7) is 7.41. The van der Waals surface area contributed by atoms with Crippen molar-refractivity contribution < 1.29 is 9.53 Å². The Morgan fingerprint density at radius 2 is 2.17 bits per heavy atom. The second kappa shape index (κ2) is 4.92. The van der Waals surface area contributed by atoms with Crippen molar-refractivity contribution in [1.29, 1.82) is 0 Å². The number of ether oxygens (including phenoxy) is 1. The van der Waals surface area contributed by atoms with Gasteiger partial charge in [0, 0.05) is 19.3 Å². The zero-order chi connectivity index (χ0) is 13.3. The number of aromatic nitrogens is 2. The van der Waals surface area contributed by atoms with E-state index in [0.29, 0.717) is 6.54 Å². The molecule has 5 heteroatoms. The van der Waals surface area contributed by atoms with Crippen LogP contribution in [0.25, 0.3) is 0 Å². The fourth-order valence-electron chi connectivity index (χ4n) is 2.42. The SMILES string of the molecule is COC(=O)C1CN(c2nc(C)cnc2C)CC1C. The molecule has 5 nitrogen and oxygen atoms in total. The lowest BCUT2D eigenvalue weighted by Gasteiger charge is -2.19. The summed E-state index contributed by atoms with van der Waals surface area (Å²) in [6.07, 6.45) is 1.76. The van der Waals surface area contributed by atoms with Crippen molar-refractivity contribution in [3.8, 4) is 0 Å². The number of carbonyl (C=O) groups excluding carboxylic acids is 1. The maximum absolute atomic E-state index is 11.7. The molecule has 1 aliphatic heterocycles. The van der Waals surface area contributed by atoms with Crippen LogP contribution >= 0.6 is 0 Å². The van der Waals surface area contributed by atoms with Gasteiger partial charge in [-0.15, -0.1) is 0 Å². The van der Waals surface area contributed by atoms with Gasteiger partial charge in [0.25, 0.3) is 0 Å². The van der Waals surface area contributed by atoms with Crippen LogP contribution in [0.1, 0.15) is 18.3 Å². The lowest BCUT2D eigenvalue weighted by Crippen LogP contribution is -2.25. The van der Waals surface area contributed by atoms with Gasteiger partial charge in [0.2, 0.25) is 0 Å². The molecule has 0 N–H and O–H groups in total. The highest BCUT2D eigenvalue weighted by atomic mass is 16.5. The van der Waals surface area contributed by atoms with E-state index in [4.69, 9.17) is 4.74 Å². The molecule has 18 heavy (non-hydrogen) atoms. The Morgan fingerprint density at radius 3 is 2.83 bits per heavy atom. The number of esters is 1. The highest BCUT2D eigenvalue weighted by Crippen LogP contribution is 2.29. The summed E-state index contributed by atoms with van der Waals surface area (Å²) in [5, 5.41) is 0. The normalized spacial score (nSPS) is 23.2. The lowest BCUT2D eigenvalue weighted by atomic mass is 9.99. The van der Waals surface area contributed by atoms with E-state index in [1.807, 2.05) is 13.8 Å². The van der Waals surface area contributed by atoms with E-state index >= 15 is 0 Å². The number of anilines is 1. The molecule has 1 aliphatic rings. The molecule has 2 unspecified atom stereocenters. The Balaban J connectivity index is 2.21. The molecule has 0 amide bonds. The van der Waals surface area contributed by atoms with Gasteiger partial charge >= 0.3 is 5.97 Å². The van der Waals surface area contributed by atoms with Crippen LogP contribution in [0.15, 0.2) is 6.20 Å². The van der Waals surface area contributed by atoms with Crippen molar-refractivity contribution in [1.82, 2.24) is 9.97 Å². The Morgan fingerprint density at radius 1 is 1.44 bits per heavy atom. The Bertz CT molecular complexity index is 462. The number of hydrogen-bond donors (Lipinski definition) is 0. The van der Waals surface area contributed by atoms with Crippen LogP contribution in [-0.2, 0) is 9.53 Å². The minimum absolute atomic E-state index is 0.0725. The summed E-state index contributed by atoms with van der Waals surface area (Å²) in [5.41, 5.74) is 1.79. The molecule has 0 radical (unpaired) electrons. The Kier molecular flexibility index (Phi) is 3.50. The van der Waals surface area contributed by atoms with Gasteiger partial charge in [0.1, 0.15) is 5.82 Å². The van der Waals surface area contributed by atoms with E-state index in [1.165, 1.54) is 7.11 Å². The summed E-state index contributed by atoms with van der Waals surface area (Å²) in [7, 11) is 1.44. The van der Waals surface area contributed by atoms with E-state index in [9.17, 15) is 4.79 Å². The summed E-state index contributed by atoms with van der Waals surface area (Å²) in [6, 6.07) is 0. The number of aryl methyl sites for hydroxylation is 2. The van der Waals surface area contributed by atoms with Crippen LogP contribution < -0.4 is 4.90 Å². The van der Waals surface area contributed by atoms with Gasteiger partial charge in [0.15, 0.2) is 0 Å². The fraction of sp³-hybridized carbons (Fsp3) is 0.615. The van der Waals surface area contributed by atoms with Crippen molar-refractivity contribution in [2.75, 3.05) is 25.1 Å². The second-order valence-corrected chi connectivity index (χ2v) is 4.93. The molecule has 0 aromatic carbocycles. The minimum Gasteiger partial charge on any atom is -0.469 e. The molecule has 2 heterocycles. The molecule has 1 aromatic heterocycles. The van der Waals surface area contributed by atoms with Crippen LogP contribution in [0.3, 0.4) is 0 Å². The third-order valence-corrected chi connectivity index (χ3v) is 3.47. The van der Waals surface area contributed by atoms with Crippen molar-refractivity contribution >= 4 is 11.8 Å². The summed E-state index contributed by atoms with van der Waals surface area (Å²) in [5.74, 6) is 0.951. The van der Waals surface area contributed by atoms with Gasteiger partial charge in [-0.3, -0.25) is 9.78 Å². The molecular formula is C13H19N3O2. The first-order valence-corrected chi connectivity index (χ1v) is 6.16. The molecule has 1 fully saturated rings. The van der Waals surface area contributed by atoms with Crippen molar-refractivity contribution in [3.05, 3.63) is 17.6 Å². The smallest absolute Gasteiger partial charge is 0.310 e. The highest BCUT2D eigenvalue weighted by molar-refractivity contribution is 5.74. The summed E-state index contributed by atoms with van der Waals surface area (Å²) < 4.78 is 4.84. The molecule has 2 atom stereocenters. The fourth-order valence-corrected chi connectivity index (χ4v) is 2.42. The maximum Gasteiger partial charge on any atom is 0.310 e. The number of hydrogen-bond acceptors (Lipinski definition) is 5. The summed E-state index contributed by atoms with van der Waals surface area (Å²) in [4.78, 5) is 22.6. The molecular weight excluding hydrogens is 230 g/mol. The first-order chi connectivity index (χ1) is 8.52. The van der Waals surface area contributed by atoms with E-state index in [0.717, 1.165) is 23.8 Å². The van der Waals surface area contributed by atoms with Crippen LogP contribution in [0, 0.1) is 25.7 Å². The van der Waals surface area contributed by atoms with Crippen LogP contribution in [-0.4, -0.2) is 36.1 Å². The molecule has 98 valence electrons. The van der Waals surface area contributed by atoms with Crippen LogP contribution in [0.5, 0.6) is 0 Å². The molecule has 0 saturated carbocycles. The predicted molar refractivity (Wildman–Crippen MR) is 68.4 cm³/mol. The van der Waals surface area contributed by atoms with Crippen LogP contribution in [0.4, 0.5) is 5.82 Å². The van der Waals surface area contributed by atoms with E-state index in [1.54, 1.807) is 6.20 Å². The van der Waals surface area contributed by atoms with Gasteiger partial charge in [-0.1, -0.05) is 6.92 Å². The molecule has 1 aromatic rings. The number of carbonyl (C=O) groups is 1. The van der Waals surface area contributed by atoms with Crippen molar-refractivity contribution in [2.24, 2.45) is 11.8 Å². The van der Waals surface area contributed by atoms with E-state index in [2.05, 4.69) is 21.8 Å². The van der Waals surface area contributed by atoms with Crippen molar-refractivity contribution in [2.45, 2.75) is 20.8 Å². The average molecular weight is 249 g/mol. The van der Waals surface area contributed by atoms with Crippen molar-refractivity contribution in [3.63, 3.8) is 0 Å². The average Bonchev–Trinajstić information content (AvgIpc) is 2.73. The largest absolute Gasteiger partial charge is 0.469 e. The Hall–Kier alpha value is -1.65. The van der Waals surface area contributed by atoms with Gasteiger partial charge in [0.05, 0.1) is 24.4 Å². The molecule has 2 rings (SSSR count). The zero-order valence-electron chi connectivity index (χ0n) is 11.3. The van der Waals surface area contributed by atoms with Gasteiger partial charge in [-0.2, -0.15) is 0 Å². The second-order valence-electron chi connectivity index (χ2n) is 4.93. The van der Waals surface area contributed by atoms with Gasteiger partial charge in [-0.05, 0) is 19.8 Å². The monoisotopic (exact) mass is 249 g/mol. The minimum atomic E-state index is -0.136. The number of nitrogens with zero attached hydrogens (tertiary/aromatic N) is 3. The number of methoxy groups -OCH3 is 1. The third-order valence-electron chi connectivity index (χ3n) is 3.47. The topological polar surface area (TPSA) is 55.3 Å². The lowest BCUT2D eigenvalue weighted by molar-refractivity contribution is -0.145. The Labute approximate surface area is 107 Å². The highest BCUT2D eigenvalue weighted by Gasteiger charge is 2.36. The predicted octanol–water partition coefficient (Wildman–Crippen LogP) is 1.34. The third kappa shape index (κ3) is 2.30. The first kappa shape index (κ1) is 12.8. The van der Waals surface area contributed by atoms with Crippen LogP contribution in [0.2, 0.25) is 0 Å². The quantitative estimate of drug-likeness (QED) is 0.740. The summed E-state index contributed by atoms with van der Waals surface area (Å²) >= 11 is 0.